The van der Waals surface area contributed by atoms with Gasteiger partial charge in [0.05, 0.1) is 12.0 Å². The molecule has 5 nitrogen and oxygen atoms in total. The molecule has 0 aromatic heterocycles. The van der Waals surface area contributed by atoms with Gasteiger partial charge in [0.25, 0.3) is 0 Å². The van der Waals surface area contributed by atoms with Crippen molar-refractivity contribution in [2.45, 2.75) is 44.9 Å². The van der Waals surface area contributed by atoms with E-state index in [4.69, 9.17) is 21.1 Å². The maximum atomic E-state index is 12.8. The predicted octanol–water partition coefficient (Wildman–Crippen LogP) is 5.19. The number of alkyl halides is 1. The van der Waals surface area contributed by atoms with Crippen molar-refractivity contribution >= 4 is 23.5 Å². The first-order valence-corrected chi connectivity index (χ1v) is 10.0. The van der Waals surface area contributed by atoms with Crippen LogP contribution in [0.1, 0.15) is 45.6 Å². The summed E-state index contributed by atoms with van der Waals surface area (Å²) in [6.07, 6.45) is 4.23. The lowest BCUT2D eigenvalue weighted by atomic mass is 9.84. The van der Waals surface area contributed by atoms with Crippen LogP contribution in [-0.4, -0.2) is 37.0 Å². The number of nitrogens with zero attached hydrogens (tertiary/aromatic N) is 1. The summed E-state index contributed by atoms with van der Waals surface area (Å²) in [7, 11) is 1.59. The summed E-state index contributed by atoms with van der Waals surface area (Å²) >= 11 is 6.94. The van der Waals surface area contributed by atoms with Crippen molar-refractivity contribution < 1.29 is 19.1 Å². The average molecular weight is 406 g/mol. The molecule has 2 rings (SSSR count). The van der Waals surface area contributed by atoms with Crippen LogP contribution in [0, 0.1) is 0 Å². The van der Waals surface area contributed by atoms with Gasteiger partial charge >= 0.3 is 6.09 Å². The summed E-state index contributed by atoms with van der Waals surface area (Å²) in [5, 5.41) is 0. The SMILES string of the molecule is CCCC(=O)C1=C(OC(=O)N(CC)CC)C=CC(Cl)(c2ccccc2OC)C1. The Hall–Kier alpha value is -2.27. The molecule has 28 heavy (non-hydrogen) atoms. The molecule has 1 unspecified atom stereocenters. The second kappa shape index (κ2) is 9.78. The largest absolute Gasteiger partial charge is 0.496 e. The molecule has 1 aromatic rings. The van der Waals surface area contributed by atoms with Crippen LogP contribution in [0.3, 0.4) is 0 Å². The van der Waals surface area contributed by atoms with Crippen molar-refractivity contribution in [1.82, 2.24) is 4.90 Å². The summed E-state index contributed by atoms with van der Waals surface area (Å²) in [4.78, 5) is 25.8. The van der Waals surface area contributed by atoms with Crippen molar-refractivity contribution in [3.8, 4) is 5.75 Å². The second-order valence-corrected chi connectivity index (χ2v) is 7.30. The summed E-state index contributed by atoms with van der Waals surface area (Å²) in [6.45, 7) is 6.76. The molecule has 0 saturated carbocycles. The lowest BCUT2D eigenvalue weighted by Gasteiger charge is -2.31. The van der Waals surface area contributed by atoms with E-state index in [0.29, 0.717) is 37.3 Å². The lowest BCUT2D eigenvalue weighted by Crippen LogP contribution is -2.32. The highest BCUT2D eigenvalue weighted by Crippen LogP contribution is 2.45. The van der Waals surface area contributed by atoms with Gasteiger partial charge in [0, 0.05) is 37.1 Å². The van der Waals surface area contributed by atoms with Gasteiger partial charge in [-0.1, -0.05) is 31.2 Å². The number of ether oxygens (including phenoxy) is 2. The lowest BCUT2D eigenvalue weighted by molar-refractivity contribution is -0.116. The average Bonchev–Trinajstić information content (AvgIpc) is 2.70. The van der Waals surface area contributed by atoms with Gasteiger partial charge < -0.3 is 14.4 Å². The van der Waals surface area contributed by atoms with Crippen LogP contribution in [0.2, 0.25) is 0 Å². The van der Waals surface area contributed by atoms with Gasteiger partial charge in [-0.05, 0) is 32.4 Å². The van der Waals surface area contributed by atoms with Crippen LogP contribution in [-0.2, 0) is 14.4 Å². The molecule has 1 atom stereocenters. The Labute approximate surface area is 171 Å². The summed E-state index contributed by atoms with van der Waals surface area (Å²) in [6, 6.07) is 7.46. The maximum absolute atomic E-state index is 12.8. The van der Waals surface area contributed by atoms with Crippen molar-refractivity contribution in [2.24, 2.45) is 0 Å². The van der Waals surface area contributed by atoms with E-state index in [0.717, 1.165) is 5.56 Å². The van der Waals surface area contributed by atoms with E-state index in [2.05, 4.69) is 0 Å². The van der Waals surface area contributed by atoms with Crippen molar-refractivity contribution in [3.05, 3.63) is 53.3 Å². The normalized spacial score (nSPS) is 18.8. The zero-order chi connectivity index (χ0) is 20.7. The molecule has 1 aliphatic rings. The first kappa shape index (κ1) is 22.0. The number of amides is 1. The number of carbonyl (C=O) groups is 2. The topological polar surface area (TPSA) is 55.8 Å². The fraction of sp³-hybridized carbons (Fsp3) is 0.455. The Bertz CT molecular complexity index is 782. The van der Waals surface area contributed by atoms with E-state index < -0.39 is 11.0 Å². The predicted molar refractivity (Wildman–Crippen MR) is 111 cm³/mol. The van der Waals surface area contributed by atoms with Crippen LogP contribution < -0.4 is 4.74 Å². The molecule has 0 spiro atoms. The van der Waals surface area contributed by atoms with E-state index >= 15 is 0 Å². The highest BCUT2D eigenvalue weighted by molar-refractivity contribution is 6.26. The number of methoxy groups -OCH3 is 1. The third-order valence-electron chi connectivity index (χ3n) is 4.82. The zero-order valence-corrected chi connectivity index (χ0v) is 17.7. The molecule has 0 radical (unpaired) electrons. The first-order chi connectivity index (χ1) is 13.4. The molecule has 152 valence electrons. The Kier molecular flexibility index (Phi) is 7.69. The number of Topliss-reactive ketones (excluding diaryl/α,β-unsaturated/α-hetero) is 1. The third-order valence-corrected chi connectivity index (χ3v) is 5.28. The van der Waals surface area contributed by atoms with E-state index in [1.807, 2.05) is 45.0 Å². The van der Waals surface area contributed by atoms with Gasteiger partial charge in [0.1, 0.15) is 11.5 Å². The number of carbonyl (C=O) groups excluding carboxylic acids is 2. The fourth-order valence-electron chi connectivity index (χ4n) is 3.23. The molecule has 0 fully saturated rings. The van der Waals surface area contributed by atoms with E-state index in [-0.39, 0.29) is 18.0 Å². The van der Waals surface area contributed by atoms with Crippen LogP contribution in [0.5, 0.6) is 5.75 Å². The van der Waals surface area contributed by atoms with Crippen molar-refractivity contribution in [2.75, 3.05) is 20.2 Å². The monoisotopic (exact) mass is 405 g/mol. The third kappa shape index (κ3) is 4.76. The van der Waals surface area contributed by atoms with E-state index in [9.17, 15) is 9.59 Å². The standard InChI is InChI=1S/C22H28ClNO4/c1-5-10-18(25)16-15-22(23,17-11-8-9-12-20(17)27-4)14-13-19(16)28-21(26)24(6-2)7-3/h8-9,11-14H,5-7,10,15H2,1-4H3. The van der Waals surface area contributed by atoms with Crippen LogP contribution in [0.4, 0.5) is 4.79 Å². The molecule has 0 saturated heterocycles. The van der Waals surface area contributed by atoms with Crippen LogP contribution in [0.15, 0.2) is 47.7 Å². The number of hydrogen-bond donors (Lipinski definition) is 0. The number of benzene rings is 1. The number of halogens is 1. The molecule has 0 heterocycles. The molecular formula is C22H28ClNO4. The van der Waals surface area contributed by atoms with Crippen LogP contribution in [0.25, 0.3) is 0 Å². The summed E-state index contributed by atoms with van der Waals surface area (Å²) in [5.41, 5.74) is 1.21. The Morgan fingerprint density at radius 1 is 1.18 bits per heavy atom. The zero-order valence-electron chi connectivity index (χ0n) is 17.0. The molecule has 0 N–H and O–H groups in total. The molecule has 1 aliphatic carbocycles. The number of hydrogen-bond acceptors (Lipinski definition) is 4. The minimum atomic E-state index is -0.948. The number of para-hydroxylation sites is 1. The smallest absolute Gasteiger partial charge is 0.415 e. The number of allylic oxidation sites excluding steroid dienone is 3. The highest BCUT2D eigenvalue weighted by atomic mass is 35.5. The molecule has 0 aliphatic heterocycles. The highest BCUT2D eigenvalue weighted by Gasteiger charge is 2.37. The van der Waals surface area contributed by atoms with Crippen molar-refractivity contribution in [1.29, 1.82) is 0 Å². The molecule has 1 aromatic carbocycles. The molecular weight excluding hydrogens is 378 g/mol. The number of rotatable bonds is 8. The Balaban J connectivity index is 2.41. The first-order valence-electron chi connectivity index (χ1n) is 9.64. The number of ketones is 1. The Morgan fingerprint density at radius 3 is 2.46 bits per heavy atom. The summed E-state index contributed by atoms with van der Waals surface area (Å²) < 4.78 is 11.0. The van der Waals surface area contributed by atoms with Gasteiger partial charge in [-0.2, -0.15) is 0 Å². The van der Waals surface area contributed by atoms with E-state index in [1.54, 1.807) is 24.2 Å². The molecule has 0 bridgehead atoms. The van der Waals surface area contributed by atoms with Crippen LogP contribution >= 0.6 is 11.6 Å². The summed E-state index contributed by atoms with van der Waals surface area (Å²) in [5.74, 6) is 0.865. The Morgan fingerprint density at radius 2 is 1.86 bits per heavy atom. The van der Waals surface area contributed by atoms with Gasteiger partial charge in [0.15, 0.2) is 5.78 Å². The van der Waals surface area contributed by atoms with Gasteiger partial charge in [0.2, 0.25) is 0 Å². The van der Waals surface area contributed by atoms with Gasteiger partial charge in [-0.3, -0.25) is 4.79 Å². The van der Waals surface area contributed by atoms with Gasteiger partial charge in [-0.25, -0.2) is 4.79 Å². The minimum absolute atomic E-state index is 0.0610. The second-order valence-electron chi connectivity index (χ2n) is 6.63. The molecule has 1 amide bonds. The van der Waals surface area contributed by atoms with Crippen molar-refractivity contribution in [3.63, 3.8) is 0 Å². The fourth-order valence-corrected chi connectivity index (χ4v) is 3.59. The van der Waals surface area contributed by atoms with Gasteiger partial charge in [-0.15, -0.1) is 11.6 Å². The quantitative estimate of drug-likeness (QED) is 0.558. The maximum Gasteiger partial charge on any atom is 0.415 e. The van der Waals surface area contributed by atoms with E-state index in [1.165, 1.54) is 0 Å². The molecule has 6 heteroatoms. The minimum Gasteiger partial charge on any atom is -0.496 e.